The van der Waals surface area contributed by atoms with Crippen molar-refractivity contribution in [2.75, 3.05) is 0 Å². The van der Waals surface area contributed by atoms with Crippen LogP contribution in [0.25, 0.3) is 16.7 Å². The van der Waals surface area contributed by atoms with Gasteiger partial charge in [0.2, 0.25) is 0 Å². The van der Waals surface area contributed by atoms with Crippen molar-refractivity contribution in [3.05, 3.63) is 57.3 Å². The molecule has 0 fully saturated rings. The molecule has 4 heteroatoms. The van der Waals surface area contributed by atoms with Crippen molar-refractivity contribution in [1.82, 2.24) is 9.55 Å². The van der Waals surface area contributed by atoms with Gasteiger partial charge in [0.15, 0.2) is 4.77 Å². The van der Waals surface area contributed by atoms with Gasteiger partial charge in [0.05, 0.1) is 16.7 Å². The average molecular weight is 289 g/mol. The van der Waals surface area contributed by atoms with Crippen LogP contribution in [0.5, 0.6) is 0 Å². The summed E-state index contributed by atoms with van der Waals surface area (Å²) in [5, 5.41) is 0.713. The minimum absolute atomic E-state index is 0.686. The van der Waals surface area contributed by atoms with E-state index < -0.39 is 0 Å². The van der Waals surface area contributed by atoms with Crippen molar-refractivity contribution in [2.24, 2.45) is 0 Å². The molecule has 0 aliphatic carbocycles. The van der Waals surface area contributed by atoms with E-state index in [1.165, 1.54) is 5.56 Å². The fourth-order valence-electron chi connectivity index (χ4n) is 2.28. The number of nitrogens with one attached hydrogen (secondary N) is 1. The number of halogens is 1. The SMILES string of the molecule is Cc1ccc2[nH]c(=S)n(-c3cc(Cl)ccc3C)c2c1. The highest BCUT2D eigenvalue weighted by atomic mass is 35.5. The summed E-state index contributed by atoms with van der Waals surface area (Å²) in [4.78, 5) is 3.23. The number of H-pyrrole nitrogens is 1. The number of fused-ring (bicyclic) bond motifs is 1. The third kappa shape index (κ3) is 2.09. The number of hydrogen-bond donors (Lipinski definition) is 1. The van der Waals surface area contributed by atoms with Gasteiger partial charge in [-0.1, -0.05) is 23.7 Å². The Balaban J connectivity index is 2.42. The Hall–Kier alpha value is -1.58. The maximum atomic E-state index is 6.11. The Kier molecular flexibility index (Phi) is 2.96. The van der Waals surface area contributed by atoms with Crippen LogP contribution in [-0.2, 0) is 0 Å². The molecule has 3 rings (SSSR count). The van der Waals surface area contributed by atoms with Gasteiger partial charge in [-0.05, 0) is 61.5 Å². The van der Waals surface area contributed by atoms with Gasteiger partial charge in [-0.25, -0.2) is 0 Å². The molecule has 0 saturated heterocycles. The fourth-order valence-corrected chi connectivity index (χ4v) is 2.75. The third-order valence-corrected chi connectivity index (χ3v) is 3.77. The van der Waals surface area contributed by atoms with Crippen LogP contribution in [0.1, 0.15) is 11.1 Å². The Bertz CT molecular complexity index is 830. The van der Waals surface area contributed by atoms with E-state index in [9.17, 15) is 0 Å². The zero-order valence-corrected chi connectivity index (χ0v) is 12.3. The zero-order chi connectivity index (χ0) is 13.6. The van der Waals surface area contributed by atoms with Crippen LogP contribution in [0.4, 0.5) is 0 Å². The number of hydrogen-bond acceptors (Lipinski definition) is 1. The summed E-state index contributed by atoms with van der Waals surface area (Å²) in [6.45, 7) is 4.13. The first kappa shape index (κ1) is 12.5. The molecular formula is C15H13ClN2S. The Morgan fingerprint density at radius 1 is 1.11 bits per heavy atom. The number of aryl methyl sites for hydroxylation is 2. The standard InChI is InChI=1S/C15H13ClN2S/c1-9-3-6-12-14(7-9)18(15(19)17-12)13-8-11(16)5-4-10(13)2/h3-8H,1-2H3,(H,17,19). The molecule has 0 atom stereocenters. The topological polar surface area (TPSA) is 20.7 Å². The Morgan fingerprint density at radius 2 is 1.89 bits per heavy atom. The molecule has 0 unspecified atom stereocenters. The van der Waals surface area contributed by atoms with Crippen molar-refractivity contribution < 1.29 is 0 Å². The molecule has 1 heterocycles. The van der Waals surface area contributed by atoms with Gasteiger partial charge in [0.1, 0.15) is 0 Å². The fraction of sp³-hybridized carbons (Fsp3) is 0.133. The highest BCUT2D eigenvalue weighted by Crippen LogP contribution is 2.25. The summed E-state index contributed by atoms with van der Waals surface area (Å²) >= 11 is 11.6. The summed E-state index contributed by atoms with van der Waals surface area (Å²) in [5.74, 6) is 0. The van der Waals surface area contributed by atoms with Gasteiger partial charge in [-0.2, -0.15) is 0 Å². The molecule has 0 radical (unpaired) electrons. The predicted octanol–water partition coefficient (Wildman–Crippen LogP) is 4.96. The van der Waals surface area contributed by atoms with Crippen molar-refractivity contribution in [1.29, 1.82) is 0 Å². The Labute approximate surface area is 121 Å². The molecule has 1 N–H and O–H groups in total. The number of rotatable bonds is 1. The molecule has 2 aromatic carbocycles. The minimum atomic E-state index is 0.686. The first-order valence-corrected chi connectivity index (χ1v) is 6.83. The molecule has 0 aliphatic heterocycles. The molecule has 2 nitrogen and oxygen atoms in total. The molecule has 19 heavy (non-hydrogen) atoms. The van der Waals surface area contributed by atoms with Gasteiger partial charge >= 0.3 is 0 Å². The van der Waals surface area contributed by atoms with Crippen LogP contribution >= 0.6 is 23.8 Å². The highest BCUT2D eigenvalue weighted by molar-refractivity contribution is 7.71. The lowest BCUT2D eigenvalue weighted by Gasteiger charge is -2.09. The second kappa shape index (κ2) is 4.51. The first-order valence-electron chi connectivity index (χ1n) is 6.04. The molecule has 0 bridgehead atoms. The third-order valence-electron chi connectivity index (χ3n) is 3.25. The first-order chi connectivity index (χ1) is 9.06. The maximum Gasteiger partial charge on any atom is 0.182 e. The van der Waals surface area contributed by atoms with Crippen LogP contribution in [0.2, 0.25) is 5.02 Å². The van der Waals surface area contributed by atoms with Gasteiger partial charge in [0, 0.05) is 5.02 Å². The van der Waals surface area contributed by atoms with Crippen molar-refractivity contribution in [3.8, 4) is 5.69 Å². The van der Waals surface area contributed by atoms with Crippen LogP contribution in [0.3, 0.4) is 0 Å². The number of nitrogens with zero attached hydrogens (tertiary/aromatic N) is 1. The summed E-state index contributed by atoms with van der Waals surface area (Å²) < 4.78 is 2.73. The second-order valence-electron chi connectivity index (χ2n) is 4.72. The van der Waals surface area contributed by atoms with E-state index in [2.05, 4.69) is 37.0 Å². The van der Waals surface area contributed by atoms with E-state index in [-0.39, 0.29) is 0 Å². The lowest BCUT2D eigenvalue weighted by atomic mass is 10.2. The molecule has 1 aromatic heterocycles. The summed E-state index contributed by atoms with van der Waals surface area (Å²) in [6, 6.07) is 12.1. The lowest BCUT2D eigenvalue weighted by molar-refractivity contribution is 1.05. The number of benzene rings is 2. The quantitative estimate of drug-likeness (QED) is 0.628. The van der Waals surface area contributed by atoms with Crippen molar-refractivity contribution in [2.45, 2.75) is 13.8 Å². The largest absolute Gasteiger partial charge is 0.330 e. The smallest absolute Gasteiger partial charge is 0.182 e. The normalized spacial score (nSPS) is 11.1. The van der Waals surface area contributed by atoms with E-state index in [1.807, 2.05) is 22.8 Å². The molecule has 0 spiro atoms. The van der Waals surface area contributed by atoms with E-state index in [1.54, 1.807) is 0 Å². The van der Waals surface area contributed by atoms with Crippen molar-refractivity contribution >= 4 is 34.9 Å². The molecule has 96 valence electrons. The van der Waals surface area contributed by atoms with Crippen LogP contribution in [0.15, 0.2) is 36.4 Å². The average Bonchev–Trinajstić information content (AvgIpc) is 2.68. The monoisotopic (exact) mass is 288 g/mol. The minimum Gasteiger partial charge on any atom is -0.330 e. The van der Waals surface area contributed by atoms with Crippen LogP contribution in [0, 0.1) is 18.6 Å². The summed E-state index contributed by atoms with van der Waals surface area (Å²) in [7, 11) is 0. The van der Waals surface area contributed by atoms with Crippen LogP contribution < -0.4 is 0 Å². The highest BCUT2D eigenvalue weighted by Gasteiger charge is 2.09. The second-order valence-corrected chi connectivity index (χ2v) is 5.54. The van der Waals surface area contributed by atoms with E-state index in [0.29, 0.717) is 9.79 Å². The number of imidazole rings is 1. The number of aromatic amines is 1. The van der Waals surface area contributed by atoms with Gasteiger partial charge in [-0.15, -0.1) is 0 Å². The van der Waals surface area contributed by atoms with E-state index in [0.717, 1.165) is 22.3 Å². The van der Waals surface area contributed by atoms with E-state index >= 15 is 0 Å². The van der Waals surface area contributed by atoms with Gasteiger partial charge < -0.3 is 4.98 Å². The maximum absolute atomic E-state index is 6.11. The van der Waals surface area contributed by atoms with E-state index in [4.69, 9.17) is 23.8 Å². The zero-order valence-electron chi connectivity index (χ0n) is 10.7. The molecule has 0 aliphatic rings. The predicted molar refractivity (Wildman–Crippen MR) is 82.9 cm³/mol. The van der Waals surface area contributed by atoms with Crippen molar-refractivity contribution in [3.63, 3.8) is 0 Å². The molecule has 0 saturated carbocycles. The molecular weight excluding hydrogens is 276 g/mol. The Morgan fingerprint density at radius 3 is 2.68 bits per heavy atom. The number of aromatic nitrogens is 2. The molecule has 0 amide bonds. The van der Waals surface area contributed by atoms with Gasteiger partial charge in [0.25, 0.3) is 0 Å². The summed E-state index contributed by atoms with van der Waals surface area (Å²) in [6.07, 6.45) is 0. The summed E-state index contributed by atoms with van der Waals surface area (Å²) in [5.41, 5.74) is 5.48. The molecule has 3 aromatic rings. The lowest BCUT2D eigenvalue weighted by Crippen LogP contribution is -1.97. The van der Waals surface area contributed by atoms with Crippen LogP contribution in [-0.4, -0.2) is 9.55 Å². The van der Waals surface area contributed by atoms with Gasteiger partial charge in [-0.3, -0.25) is 4.57 Å².